The van der Waals surface area contributed by atoms with Crippen molar-refractivity contribution in [3.8, 4) is 22.4 Å². The van der Waals surface area contributed by atoms with E-state index in [0.717, 1.165) is 28.6 Å². The van der Waals surface area contributed by atoms with Crippen LogP contribution in [0.4, 0.5) is 5.69 Å². The molecule has 0 radical (unpaired) electrons. The first-order valence-electron chi connectivity index (χ1n) is 10.4. The van der Waals surface area contributed by atoms with Crippen LogP contribution in [0.1, 0.15) is 10.4 Å². The van der Waals surface area contributed by atoms with Crippen molar-refractivity contribution in [2.45, 2.75) is 0 Å². The van der Waals surface area contributed by atoms with Gasteiger partial charge in [0.1, 0.15) is 0 Å². The second kappa shape index (κ2) is 9.96. The van der Waals surface area contributed by atoms with Crippen LogP contribution >= 0.6 is 0 Å². The normalized spacial score (nSPS) is 11.4. The summed E-state index contributed by atoms with van der Waals surface area (Å²) in [6, 6.07) is 19.0. The summed E-state index contributed by atoms with van der Waals surface area (Å²) < 4.78 is 22.7. The van der Waals surface area contributed by atoms with Gasteiger partial charge in [0.2, 0.25) is 10.0 Å². The minimum absolute atomic E-state index is 0.0696. The molecule has 174 valence electrons. The number of amides is 1. The van der Waals surface area contributed by atoms with Crippen LogP contribution in [0.25, 0.3) is 33.3 Å². The second-order valence-corrected chi connectivity index (χ2v) is 9.33. The van der Waals surface area contributed by atoms with E-state index in [9.17, 15) is 13.2 Å². The summed E-state index contributed by atoms with van der Waals surface area (Å²) in [5, 5.41) is 12.5. The molecule has 0 fully saturated rings. The van der Waals surface area contributed by atoms with Crippen molar-refractivity contribution in [2.75, 3.05) is 24.7 Å². The number of fused-ring (bicyclic) bond motifs is 1. The van der Waals surface area contributed by atoms with Crippen molar-refractivity contribution in [1.82, 2.24) is 20.2 Å². The van der Waals surface area contributed by atoms with Gasteiger partial charge >= 0.3 is 0 Å². The first-order valence-corrected chi connectivity index (χ1v) is 12.3. The third-order valence-electron chi connectivity index (χ3n) is 5.04. The molecule has 0 aliphatic rings. The summed E-state index contributed by atoms with van der Waals surface area (Å²) in [4.78, 5) is 23.4. The Morgan fingerprint density at radius 2 is 1.62 bits per heavy atom. The molecule has 0 saturated heterocycles. The van der Waals surface area contributed by atoms with E-state index in [1.807, 2.05) is 53.4 Å². The van der Waals surface area contributed by atoms with Gasteiger partial charge in [-0.1, -0.05) is 36.4 Å². The smallest absolute Gasteiger partial charge is 0.267 e. The third-order valence-corrected chi connectivity index (χ3v) is 5.52. The number of carbonyl (C=O) groups excluding carboxylic acids is 1. The van der Waals surface area contributed by atoms with Crippen molar-refractivity contribution in [3.05, 3.63) is 78.6 Å². The first kappa shape index (κ1) is 23.3. The predicted molar refractivity (Wildman–Crippen MR) is 131 cm³/mol. The van der Waals surface area contributed by atoms with Gasteiger partial charge in [0.15, 0.2) is 0 Å². The molecule has 0 spiro atoms. The van der Waals surface area contributed by atoms with Gasteiger partial charge in [-0.3, -0.25) is 15.2 Å². The number of nitrogens with zero attached hydrogens (tertiary/aromatic N) is 2. The number of hydrogen-bond acceptors (Lipinski definition) is 7. The summed E-state index contributed by atoms with van der Waals surface area (Å²) in [5.74, 6) is -0.612. The maximum absolute atomic E-state index is 12.7. The van der Waals surface area contributed by atoms with Crippen LogP contribution in [0.3, 0.4) is 0 Å². The number of pyridine rings is 2. The number of hydrogen-bond donors (Lipinski definition) is 4. The topological polar surface area (TPSA) is 133 Å². The molecule has 0 unspecified atom stereocenters. The number of hydrazine groups is 1. The molecule has 2 aromatic carbocycles. The summed E-state index contributed by atoms with van der Waals surface area (Å²) >= 11 is 0. The van der Waals surface area contributed by atoms with Crippen molar-refractivity contribution in [3.63, 3.8) is 0 Å². The van der Waals surface area contributed by atoms with Crippen molar-refractivity contribution >= 4 is 32.5 Å². The zero-order chi connectivity index (χ0) is 24.1. The van der Waals surface area contributed by atoms with E-state index in [1.54, 1.807) is 18.3 Å². The van der Waals surface area contributed by atoms with Crippen LogP contribution in [0, 0.1) is 0 Å². The van der Waals surface area contributed by atoms with Crippen LogP contribution < -0.4 is 15.6 Å². The Morgan fingerprint density at radius 1 is 0.971 bits per heavy atom. The number of anilines is 1. The number of carbonyl (C=O) groups is 1. The molecule has 2 heterocycles. The van der Waals surface area contributed by atoms with Crippen molar-refractivity contribution in [1.29, 1.82) is 0 Å². The standard InChI is InChI=1S/C24H23N5O4S/c1-34(32,33)29-28-24(31)20-14-23(27-22-10-11-25-15-21(20)22)18-4-2-16(3-5-18)17-6-8-19(9-7-17)26-12-13-30/h2-11,14-15,26,29-30H,12-13H2,1H3,(H,28,31). The molecular formula is C24H23N5O4S. The molecule has 0 aliphatic heterocycles. The average Bonchev–Trinajstić information content (AvgIpc) is 2.85. The largest absolute Gasteiger partial charge is 0.395 e. The lowest BCUT2D eigenvalue weighted by atomic mass is 10.0. The highest BCUT2D eigenvalue weighted by Gasteiger charge is 2.15. The van der Waals surface area contributed by atoms with Crippen LogP contribution in [0.2, 0.25) is 0 Å². The lowest BCUT2D eigenvalue weighted by Gasteiger charge is -2.11. The van der Waals surface area contributed by atoms with Crippen molar-refractivity contribution in [2.24, 2.45) is 0 Å². The number of aliphatic hydroxyl groups excluding tert-OH is 1. The maximum atomic E-state index is 12.7. The van der Waals surface area contributed by atoms with Crippen LogP contribution in [-0.2, 0) is 10.0 Å². The van der Waals surface area contributed by atoms with Gasteiger partial charge in [-0.25, -0.2) is 13.4 Å². The van der Waals surface area contributed by atoms with Crippen molar-refractivity contribution < 1.29 is 18.3 Å². The van der Waals surface area contributed by atoms with E-state index < -0.39 is 15.9 Å². The lowest BCUT2D eigenvalue weighted by Crippen LogP contribution is -2.41. The van der Waals surface area contributed by atoms with E-state index in [1.165, 1.54) is 6.20 Å². The summed E-state index contributed by atoms with van der Waals surface area (Å²) in [6.45, 7) is 0.563. The molecule has 10 heteroatoms. The number of aromatic nitrogens is 2. The highest BCUT2D eigenvalue weighted by Crippen LogP contribution is 2.28. The Kier molecular flexibility index (Phi) is 6.82. The number of sulfonamides is 1. The predicted octanol–water partition coefficient (Wildman–Crippen LogP) is 2.56. The van der Waals surface area contributed by atoms with E-state index in [4.69, 9.17) is 5.11 Å². The summed E-state index contributed by atoms with van der Waals surface area (Å²) in [6.07, 6.45) is 4.05. The molecule has 34 heavy (non-hydrogen) atoms. The molecule has 0 bridgehead atoms. The number of nitrogens with one attached hydrogen (secondary N) is 3. The summed E-state index contributed by atoms with van der Waals surface area (Å²) in [7, 11) is -3.61. The van der Waals surface area contributed by atoms with Gasteiger partial charge in [0.05, 0.1) is 29.6 Å². The molecule has 4 aromatic rings. The van der Waals surface area contributed by atoms with E-state index in [0.29, 0.717) is 23.1 Å². The molecule has 0 atom stereocenters. The molecule has 1 amide bonds. The Bertz CT molecular complexity index is 1420. The second-order valence-electron chi connectivity index (χ2n) is 7.58. The SMILES string of the molecule is CS(=O)(=O)NNC(=O)c1cc(-c2ccc(-c3ccc(NCCO)cc3)cc2)nc2ccncc12. The van der Waals surface area contributed by atoms with Gasteiger partial charge < -0.3 is 10.4 Å². The summed E-state index contributed by atoms with van der Waals surface area (Å²) in [5.41, 5.74) is 7.36. The van der Waals surface area contributed by atoms with E-state index >= 15 is 0 Å². The molecular weight excluding hydrogens is 454 g/mol. The Balaban J connectivity index is 1.64. The number of benzene rings is 2. The fourth-order valence-electron chi connectivity index (χ4n) is 3.42. The number of rotatable bonds is 8. The lowest BCUT2D eigenvalue weighted by molar-refractivity contribution is 0.0947. The molecule has 0 saturated carbocycles. The maximum Gasteiger partial charge on any atom is 0.267 e. The fourth-order valence-corrected chi connectivity index (χ4v) is 3.70. The Hall–Kier alpha value is -3.86. The van der Waals surface area contributed by atoms with Gasteiger partial charge in [0.25, 0.3) is 5.91 Å². The zero-order valence-electron chi connectivity index (χ0n) is 18.3. The van der Waals surface area contributed by atoms with Gasteiger partial charge in [-0.2, -0.15) is 0 Å². The van der Waals surface area contributed by atoms with Gasteiger partial charge in [-0.05, 0) is 35.4 Å². The average molecular weight is 478 g/mol. The third kappa shape index (κ3) is 5.54. The Morgan fingerprint density at radius 3 is 2.26 bits per heavy atom. The zero-order valence-corrected chi connectivity index (χ0v) is 19.1. The van der Waals surface area contributed by atoms with Crippen LogP contribution in [0.15, 0.2) is 73.1 Å². The molecule has 2 aromatic heterocycles. The molecule has 9 nitrogen and oxygen atoms in total. The van der Waals surface area contributed by atoms with E-state index in [-0.39, 0.29) is 12.2 Å². The fraction of sp³-hybridized carbons (Fsp3) is 0.125. The molecule has 4 rings (SSSR count). The van der Waals surface area contributed by atoms with E-state index in [2.05, 4.69) is 20.7 Å². The minimum Gasteiger partial charge on any atom is -0.395 e. The highest BCUT2D eigenvalue weighted by atomic mass is 32.2. The minimum atomic E-state index is -3.61. The molecule has 4 N–H and O–H groups in total. The highest BCUT2D eigenvalue weighted by molar-refractivity contribution is 7.88. The van der Waals surface area contributed by atoms with Gasteiger partial charge in [-0.15, -0.1) is 4.83 Å². The van der Waals surface area contributed by atoms with Gasteiger partial charge in [0, 0.05) is 35.6 Å². The quantitative estimate of drug-likeness (QED) is 0.287. The first-order chi connectivity index (χ1) is 16.3. The molecule has 0 aliphatic carbocycles. The Labute approximate surface area is 196 Å². The monoisotopic (exact) mass is 477 g/mol. The van der Waals surface area contributed by atoms with Crippen LogP contribution in [-0.4, -0.2) is 48.8 Å². The van der Waals surface area contributed by atoms with Crippen LogP contribution in [0.5, 0.6) is 0 Å². The number of aliphatic hydroxyl groups is 1.